The Hall–Kier alpha value is -4.07. The van der Waals surface area contributed by atoms with Gasteiger partial charge in [0.25, 0.3) is 0 Å². The third-order valence-corrected chi connectivity index (χ3v) is 6.86. The van der Waals surface area contributed by atoms with Gasteiger partial charge in [-0.1, -0.05) is 30.3 Å². The number of amides is 1. The van der Waals surface area contributed by atoms with Gasteiger partial charge in [-0.05, 0) is 61.1 Å². The molecule has 8 nitrogen and oxygen atoms in total. The fourth-order valence-electron chi connectivity index (χ4n) is 4.82. The fraction of sp³-hybridized carbons (Fsp3) is 0.345. The number of carbonyl (C=O) groups excluding carboxylic acids is 1. The quantitative estimate of drug-likeness (QED) is 0.310. The van der Waals surface area contributed by atoms with Crippen LogP contribution in [0.2, 0.25) is 0 Å². The molecule has 37 heavy (non-hydrogen) atoms. The molecule has 3 N–H and O–H groups in total. The number of fused-ring (bicyclic) bond motifs is 1. The molecule has 2 aromatic heterocycles. The van der Waals surface area contributed by atoms with Gasteiger partial charge in [-0.15, -0.1) is 0 Å². The SMILES string of the molecule is CN(C)c1ccnc(N[C@H]2CC[C@@H](NC(=O)Cc3c[nH]c4ccc(OCc5ccccc5)cc34)CC2)n1. The third kappa shape index (κ3) is 6.39. The molecule has 2 aromatic carbocycles. The van der Waals surface area contributed by atoms with Crippen LogP contribution in [0.1, 0.15) is 36.8 Å². The van der Waals surface area contributed by atoms with Crippen LogP contribution in [0.4, 0.5) is 11.8 Å². The van der Waals surface area contributed by atoms with Gasteiger partial charge >= 0.3 is 0 Å². The van der Waals surface area contributed by atoms with Crippen molar-refractivity contribution >= 4 is 28.6 Å². The Morgan fingerprint density at radius 3 is 2.62 bits per heavy atom. The first-order valence-electron chi connectivity index (χ1n) is 12.9. The molecule has 0 radical (unpaired) electrons. The second-order valence-corrected chi connectivity index (χ2v) is 9.87. The van der Waals surface area contributed by atoms with Crippen molar-refractivity contribution in [3.8, 4) is 5.75 Å². The first-order valence-corrected chi connectivity index (χ1v) is 12.9. The molecule has 192 valence electrons. The van der Waals surface area contributed by atoms with Gasteiger partial charge in [0.2, 0.25) is 11.9 Å². The minimum atomic E-state index is 0.0509. The number of carbonyl (C=O) groups is 1. The Morgan fingerprint density at radius 1 is 1.05 bits per heavy atom. The Balaban J connectivity index is 1.12. The molecule has 8 heteroatoms. The minimum absolute atomic E-state index is 0.0509. The monoisotopic (exact) mass is 498 g/mol. The fourth-order valence-corrected chi connectivity index (χ4v) is 4.82. The van der Waals surface area contributed by atoms with Gasteiger partial charge in [0.1, 0.15) is 18.2 Å². The normalized spacial score (nSPS) is 17.4. The molecular formula is C29H34N6O2. The van der Waals surface area contributed by atoms with Crippen LogP contribution in [0.5, 0.6) is 5.75 Å². The number of H-pyrrole nitrogens is 1. The van der Waals surface area contributed by atoms with Crippen LogP contribution in [0.3, 0.4) is 0 Å². The number of hydrogen-bond acceptors (Lipinski definition) is 6. The van der Waals surface area contributed by atoms with Crippen LogP contribution in [-0.2, 0) is 17.8 Å². The summed E-state index contributed by atoms with van der Waals surface area (Å²) in [5, 5.41) is 7.72. The zero-order chi connectivity index (χ0) is 25.6. The van der Waals surface area contributed by atoms with E-state index in [9.17, 15) is 4.79 Å². The van der Waals surface area contributed by atoms with Crippen molar-refractivity contribution in [1.82, 2.24) is 20.3 Å². The number of nitrogens with one attached hydrogen (secondary N) is 3. The molecule has 1 amide bonds. The van der Waals surface area contributed by atoms with E-state index < -0.39 is 0 Å². The Kier molecular flexibility index (Phi) is 7.54. The van der Waals surface area contributed by atoms with E-state index in [-0.39, 0.29) is 11.9 Å². The molecule has 0 unspecified atom stereocenters. The second-order valence-electron chi connectivity index (χ2n) is 9.87. The maximum absolute atomic E-state index is 12.9. The van der Waals surface area contributed by atoms with E-state index in [1.807, 2.05) is 79.8 Å². The average molecular weight is 499 g/mol. The van der Waals surface area contributed by atoms with Crippen LogP contribution >= 0.6 is 0 Å². The molecule has 4 aromatic rings. The third-order valence-electron chi connectivity index (χ3n) is 6.86. The number of hydrogen-bond donors (Lipinski definition) is 3. The zero-order valence-corrected chi connectivity index (χ0v) is 21.4. The summed E-state index contributed by atoms with van der Waals surface area (Å²) in [5.41, 5.74) is 3.10. The van der Waals surface area contributed by atoms with E-state index in [0.717, 1.165) is 59.3 Å². The molecule has 1 aliphatic carbocycles. The summed E-state index contributed by atoms with van der Waals surface area (Å²) >= 11 is 0. The first-order chi connectivity index (χ1) is 18.0. The van der Waals surface area contributed by atoms with E-state index in [1.54, 1.807) is 6.20 Å². The number of anilines is 2. The van der Waals surface area contributed by atoms with E-state index in [4.69, 9.17) is 4.74 Å². The summed E-state index contributed by atoms with van der Waals surface area (Å²) in [6, 6.07) is 18.5. The molecule has 1 fully saturated rings. The van der Waals surface area contributed by atoms with Crippen LogP contribution in [-0.4, -0.2) is 47.0 Å². The summed E-state index contributed by atoms with van der Waals surface area (Å²) in [4.78, 5) is 27.0. The first kappa shape index (κ1) is 24.6. The lowest BCUT2D eigenvalue weighted by Crippen LogP contribution is -2.40. The predicted molar refractivity (Wildman–Crippen MR) is 147 cm³/mol. The van der Waals surface area contributed by atoms with Crippen LogP contribution in [0, 0.1) is 0 Å². The lowest BCUT2D eigenvalue weighted by atomic mass is 9.91. The highest BCUT2D eigenvalue weighted by molar-refractivity contribution is 5.89. The van der Waals surface area contributed by atoms with Crippen molar-refractivity contribution in [1.29, 1.82) is 0 Å². The lowest BCUT2D eigenvalue weighted by Gasteiger charge is -2.29. The number of benzene rings is 2. The Bertz CT molecular complexity index is 1330. The molecule has 0 bridgehead atoms. The summed E-state index contributed by atoms with van der Waals surface area (Å²) in [5.74, 6) is 2.38. The summed E-state index contributed by atoms with van der Waals surface area (Å²) < 4.78 is 5.99. The summed E-state index contributed by atoms with van der Waals surface area (Å²) in [7, 11) is 3.93. The van der Waals surface area contributed by atoms with Crippen molar-refractivity contribution in [2.75, 3.05) is 24.3 Å². The molecule has 0 spiro atoms. The smallest absolute Gasteiger partial charge is 0.224 e. The Morgan fingerprint density at radius 2 is 1.84 bits per heavy atom. The van der Waals surface area contributed by atoms with Crippen molar-refractivity contribution in [3.63, 3.8) is 0 Å². The topological polar surface area (TPSA) is 95.2 Å². The molecule has 0 saturated heterocycles. The average Bonchev–Trinajstić information content (AvgIpc) is 3.31. The Labute approximate surface area is 217 Å². The maximum atomic E-state index is 12.9. The highest BCUT2D eigenvalue weighted by Gasteiger charge is 2.23. The van der Waals surface area contributed by atoms with Gasteiger partial charge < -0.3 is 25.3 Å². The van der Waals surface area contributed by atoms with Gasteiger partial charge in [-0.25, -0.2) is 4.98 Å². The molecule has 0 atom stereocenters. The molecule has 0 aliphatic heterocycles. The van der Waals surface area contributed by atoms with Gasteiger partial charge in [0.15, 0.2) is 0 Å². The van der Waals surface area contributed by atoms with Crippen LogP contribution in [0.15, 0.2) is 67.0 Å². The predicted octanol–water partition coefficient (Wildman–Crippen LogP) is 4.68. The molecule has 1 aliphatic rings. The van der Waals surface area contributed by atoms with E-state index in [0.29, 0.717) is 25.0 Å². The molecule has 1 saturated carbocycles. The minimum Gasteiger partial charge on any atom is -0.489 e. The van der Waals surface area contributed by atoms with Gasteiger partial charge in [0, 0.05) is 49.5 Å². The van der Waals surface area contributed by atoms with E-state index >= 15 is 0 Å². The molecule has 5 rings (SSSR count). The maximum Gasteiger partial charge on any atom is 0.224 e. The van der Waals surface area contributed by atoms with Crippen molar-refractivity contribution < 1.29 is 9.53 Å². The number of aromatic amines is 1. The van der Waals surface area contributed by atoms with Gasteiger partial charge in [-0.3, -0.25) is 4.79 Å². The second kappa shape index (κ2) is 11.3. The largest absolute Gasteiger partial charge is 0.489 e. The van der Waals surface area contributed by atoms with Crippen molar-refractivity contribution in [3.05, 3.63) is 78.1 Å². The van der Waals surface area contributed by atoms with Crippen LogP contribution < -0.4 is 20.3 Å². The highest BCUT2D eigenvalue weighted by Crippen LogP contribution is 2.26. The number of rotatable bonds is 9. The van der Waals surface area contributed by atoms with Crippen molar-refractivity contribution in [2.24, 2.45) is 0 Å². The molecular weight excluding hydrogens is 464 g/mol. The number of ether oxygens (including phenoxy) is 1. The van der Waals surface area contributed by atoms with Gasteiger partial charge in [0.05, 0.1) is 6.42 Å². The standard InChI is InChI=1S/C29H34N6O2/c1-35(2)27-14-15-30-29(34-27)33-23-10-8-22(9-11-23)32-28(36)16-21-18-31-26-13-12-24(17-25(21)26)37-19-20-6-4-3-5-7-20/h3-7,12-15,17-18,22-23,31H,8-11,16,19H2,1-2H3,(H,32,36)(H,30,33,34)/t22-,23+. The van der Waals surface area contributed by atoms with E-state index in [1.165, 1.54) is 0 Å². The van der Waals surface area contributed by atoms with Crippen molar-refractivity contribution in [2.45, 2.75) is 50.8 Å². The number of aromatic nitrogens is 3. The van der Waals surface area contributed by atoms with Crippen LogP contribution in [0.25, 0.3) is 10.9 Å². The summed E-state index contributed by atoms with van der Waals surface area (Å²) in [6.45, 7) is 0.511. The lowest BCUT2D eigenvalue weighted by molar-refractivity contribution is -0.121. The number of nitrogens with zero attached hydrogens (tertiary/aromatic N) is 3. The van der Waals surface area contributed by atoms with Gasteiger partial charge in [-0.2, -0.15) is 4.98 Å². The highest BCUT2D eigenvalue weighted by atomic mass is 16.5. The molecule has 2 heterocycles. The van der Waals surface area contributed by atoms with E-state index in [2.05, 4.69) is 25.6 Å². The zero-order valence-electron chi connectivity index (χ0n) is 21.4. The summed E-state index contributed by atoms with van der Waals surface area (Å²) in [6.07, 6.45) is 7.84.